The molecule has 7 nitrogen and oxygen atoms in total. The van der Waals surface area contributed by atoms with Crippen LogP contribution in [0.15, 0.2) is 42.5 Å². The first-order valence-electron chi connectivity index (χ1n) is 9.54. The largest absolute Gasteiger partial charge is 0.480 e. The SMILES string of the molecule is CCCC(=O)Nc1ccc(C(=O)NNC(=O)[C@@H](C)Oc2c(C)cccc2C)cc1. The Morgan fingerprint density at radius 3 is 2.17 bits per heavy atom. The molecule has 0 aliphatic rings. The lowest BCUT2D eigenvalue weighted by molar-refractivity contribution is -0.128. The minimum Gasteiger partial charge on any atom is -0.480 e. The van der Waals surface area contributed by atoms with E-state index in [1.54, 1.807) is 31.2 Å². The standard InChI is InChI=1S/C22H27N3O4/c1-5-7-19(26)23-18-12-10-17(11-13-18)22(28)25-24-21(27)16(4)29-20-14(2)8-6-9-15(20)3/h6,8-13,16H,5,7H2,1-4H3,(H,23,26)(H,24,27)(H,25,28)/t16-/m1/s1. The first-order chi connectivity index (χ1) is 13.8. The van der Waals surface area contributed by atoms with Gasteiger partial charge in [0.25, 0.3) is 11.8 Å². The van der Waals surface area contributed by atoms with E-state index in [0.29, 0.717) is 23.4 Å². The van der Waals surface area contributed by atoms with Crippen molar-refractivity contribution in [3.05, 3.63) is 59.2 Å². The minimum atomic E-state index is -0.786. The Morgan fingerprint density at radius 2 is 1.59 bits per heavy atom. The summed E-state index contributed by atoms with van der Waals surface area (Å²) in [7, 11) is 0. The highest BCUT2D eigenvalue weighted by molar-refractivity contribution is 5.97. The number of carbonyl (C=O) groups is 3. The van der Waals surface area contributed by atoms with Gasteiger partial charge >= 0.3 is 0 Å². The number of rotatable bonds is 7. The molecule has 154 valence electrons. The summed E-state index contributed by atoms with van der Waals surface area (Å²) in [5, 5.41) is 2.75. The third kappa shape index (κ3) is 6.34. The maximum Gasteiger partial charge on any atom is 0.279 e. The number of hydrogen-bond acceptors (Lipinski definition) is 4. The highest BCUT2D eigenvalue weighted by atomic mass is 16.5. The molecule has 0 aromatic heterocycles. The molecule has 0 aliphatic carbocycles. The number of benzene rings is 2. The molecule has 3 amide bonds. The normalized spacial score (nSPS) is 11.3. The molecular weight excluding hydrogens is 370 g/mol. The molecule has 7 heteroatoms. The second-order valence-electron chi connectivity index (χ2n) is 6.80. The van der Waals surface area contributed by atoms with Crippen LogP contribution < -0.4 is 20.9 Å². The van der Waals surface area contributed by atoms with Crippen molar-refractivity contribution in [1.29, 1.82) is 0 Å². The molecule has 0 spiro atoms. The zero-order chi connectivity index (χ0) is 21.4. The van der Waals surface area contributed by atoms with Crippen molar-refractivity contribution in [2.75, 3.05) is 5.32 Å². The Kier molecular flexibility index (Phi) is 7.77. The fraction of sp³-hybridized carbons (Fsp3) is 0.318. The quantitative estimate of drug-likeness (QED) is 0.625. The molecule has 0 unspecified atom stereocenters. The van der Waals surface area contributed by atoms with Crippen LogP contribution in [0.3, 0.4) is 0 Å². The second-order valence-corrected chi connectivity index (χ2v) is 6.80. The van der Waals surface area contributed by atoms with Crippen molar-refractivity contribution in [1.82, 2.24) is 10.9 Å². The number of nitrogens with one attached hydrogen (secondary N) is 3. The molecule has 29 heavy (non-hydrogen) atoms. The Labute approximate surface area is 170 Å². The zero-order valence-corrected chi connectivity index (χ0v) is 17.2. The summed E-state index contributed by atoms with van der Waals surface area (Å²) in [6.45, 7) is 7.35. The number of para-hydroxylation sites is 1. The van der Waals surface area contributed by atoms with Crippen LogP contribution in [0.1, 0.15) is 48.2 Å². The van der Waals surface area contributed by atoms with Crippen LogP contribution in [0, 0.1) is 13.8 Å². The minimum absolute atomic E-state index is 0.0742. The Bertz CT molecular complexity index is 858. The molecule has 2 rings (SSSR count). The van der Waals surface area contributed by atoms with Gasteiger partial charge in [0.2, 0.25) is 5.91 Å². The smallest absolute Gasteiger partial charge is 0.279 e. The molecule has 3 N–H and O–H groups in total. The third-order valence-electron chi connectivity index (χ3n) is 4.28. The number of anilines is 1. The van der Waals surface area contributed by atoms with E-state index in [4.69, 9.17) is 4.74 Å². The summed E-state index contributed by atoms with van der Waals surface area (Å²) in [6, 6.07) is 12.1. The maximum absolute atomic E-state index is 12.2. The van der Waals surface area contributed by atoms with Crippen molar-refractivity contribution >= 4 is 23.4 Å². The van der Waals surface area contributed by atoms with Crippen LogP contribution >= 0.6 is 0 Å². The second kappa shape index (κ2) is 10.3. The number of ether oxygens (including phenoxy) is 1. The zero-order valence-electron chi connectivity index (χ0n) is 17.2. The summed E-state index contributed by atoms with van der Waals surface area (Å²) in [5.41, 5.74) is 7.56. The van der Waals surface area contributed by atoms with Gasteiger partial charge in [-0.3, -0.25) is 25.2 Å². The molecule has 0 saturated heterocycles. The van der Waals surface area contributed by atoms with E-state index < -0.39 is 17.9 Å². The third-order valence-corrected chi connectivity index (χ3v) is 4.28. The summed E-state index contributed by atoms with van der Waals surface area (Å²) >= 11 is 0. The van der Waals surface area contributed by atoms with Crippen LogP contribution in [0.4, 0.5) is 5.69 Å². The Morgan fingerprint density at radius 1 is 0.966 bits per heavy atom. The predicted molar refractivity (Wildman–Crippen MR) is 112 cm³/mol. The first kappa shape index (κ1) is 21.9. The average molecular weight is 397 g/mol. The topological polar surface area (TPSA) is 96.5 Å². The van der Waals surface area contributed by atoms with Gasteiger partial charge in [-0.25, -0.2) is 0 Å². The molecule has 0 aliphatic heterocycles. The van der Waals surface area contributed by atoms with Crippen molar-refractivity contribution in [2.24, 2.45) is 0 Å². The predicted octanol–water partition coefficient (Wildman–Crippen LogP) is 3.27. The average Bonchev–Trinajstić information content (AvgIpc) is 2.69. The van der Waals surface area contributed by atoms with E-state index >= 15 is 0 Å². The van der Waals surface area contributed by atoms with Gasteiger partial charge in [0.15, 0.2) is 6.10 Å². The fourth-order valence-corrected chi connectivity index (χ4v) is 2.66. The van der Waals surface area contributed by atoms with E-state index in [1.165, 1.54) is 0 Å². The maximum atomic E-state index is 12.2. The van der Waals surface area contributed by atoms with Gasteiger partial charge in [-0.15, -0.1) is 0 Å². The van der Waals surface area contributed by atoms with Gasteiger partial charge in [-0.2, -0.15) is 0 Å². The molecule has 0 bridgehead atoms. The molecule has 0 saturated carbocycles. The van der Waals surface area contributed by atoms with E-state index in [1.807, 2.05) is 39.0 Å². The van der Waals surface area contributed by atoms with Crippen LogP contribution in [0.25, 0.3) is 0 Å². The highest BCUT2D eigenvalue weighted by Gasteiger charge is 2.17. The van der Waals surface area contributed by atoms with Gasteiger partial charge in [-0.1, -0.05) is 25.1 Å². The molecule has 0 heterocycles. The van der Waals surface area contributed by atoms with Crippen molar-refractivity contribution in [3.8, 4) is 5.75 Å². The lowest BCUT2D eigenvalue weighted by Gasteiger charge is -2.18. The Balaban J connectivity index is 1.87. The van der Waals surface area contributed by atoms with Gasteiger partial charge in [0.05, 0.1) is 0 Å². The number of carbonyl (C=O) groups excluding carboxylic acids is 3. The number of hydrogen-bond donors (Lipinski definition) is 3. The summed E-state index contributed by atoms with van der Waals surface area (Å²) in [5.74, 6) is -0.356. The van der Waals surface area contributed by atoms with Crippen LogP contribution in [-0.4, -0.2) is 23.8 Å². The van der Waals surface area contributed by atoms with Crippen molar-refractivity contribution < 1.29 is 19.1 Å². The van der Waals surface area contributed by atoms with Gasteiger partial charge in [0.1, 0.15) is 5.75 Å². The number of amides is 3. The summed E-state index contributed by atoms with van der Waals surface area (Å²) < 4.78 is 5.74. The van der Waals surface area contributed by atoms with Crippen molar-refractivity contribution in [2.45, 2.75) is 46.6 Å². The van der Waals surface area contributed by atoms with E-state index in [9.17, 15) is 14.4 Å². The Hall–Kier alpha value is -3.35. The van der Waals surface area contributed by atoms with Crippen LogP contribution in [-0.2, 0) is 9.59 Å². The van der Waals surface area contributed by atoms with E-state index in [0.717, 1.165) is 17.5 Å². The monoisotopic (exact) mass is 397 g/mol. The highest BCUT2D eigenvalue weighted by Crippen LogP contribution is 2.23. The van der Waals surface area contributed by atoms with E-state index in [2.05, 4.69) is 16.2 Å². The molecule has 2 aromatic carbocycles. The number of hydrazine groups is 1. The van der Waals surface area contributed by atoms with Gasteiger partial charge < -0.3 is 10.1 Å². The van der Waals surface area contributed by atoms with Gasteiger partial charge in [-0.05, 0) is 62.6 Å². The summed E-state index contributed by atoms with van der Waals surface area (Å²) in [4.78, 5) is 36.1. The molecule has 2 aromatic rings. The molecule has 1 atom stereocenters. The molecular formula is C22H27N3O4. The van der Waals surface area contributed by atoms with Gasteiger partial charge in [0, 0.05) is 17.7 Å². The fourth-order valence-electron chi connectivity index (χ4n) is 2.66. The van der Waals surface area contributed by atoms with Crippen molar-refractivity contribution in [3.63, 3.8) is 0 Å². The lowest BCUT2D eigenvalue weighted by Crippen LogP contribution is -2.47. The first-order valence-corrected chi connectivity index (χ1v) is 9.54. The van der Waals surface area contributed by atoms with Crippen LogP contribution in [0.5, 0.6) is 5.75 Å². The molecule has 0 fully saturated rings. The van der Waals surface area contributed by atoms with E-state index in [-0.39, 0.29) is 5.91 Å². The molecule has 0 radical (unpaired) electrons. The lowest BCUT2D eigenvalue weighted by atomic mass is 10.1. The summed E-state index contributed by atoms with van der Waals surface area (Å²) in [6.07, 6.45) is 0.417. The van der Waals surface area contributed by atoms with Crippen LogP contribution in [0.2, 0.25) is 0 Å². The number of aryl methyl sites for hydroxylation is 2.